The lowest BCUT2D eigenvalue weighted by Gasteiger charge is -2.16. The molecule has 1 N–H and O–H groups in total. The van der Waals surface area contributed by atoms with Gasteiger partial charge >= 0.3 is 0 Å². The van der Waals surface area contributed by atoms with Gasteiger partial charge in [0.2, 0.25) is 5.91 Å². The molecular formula is C21H24N2O3. The van der Waals surface area contributed by atoms with Crippen molar-refractivity contribution in [2.45, 2.75) is 25.6 Å². The number of aliphatic hydroxyl groups excluding tert-OH is 1. The normalized spacial score (nSPS) is 20.3. The quantitative estimate of drug-likeness (QED) is 0.785. The first kappa shape index (κ1) is 17.1. The third-order valence-electron chi connectivity index (χ3n) is 5.30. The molecule has 5 heteroatoms. The van der Waals surface area contributed by atoms with Gasteiger partial charge in [-0.1, -0.05) is 24.3 Å². The Morgan fingerprint density at radius 1 is 1.15 bits per heavy atom. The molecule has 4 rings (SSSR count). The second kappa shape index (κ2) is 6.74. The van der Waals surface area contributed by atoms with E-state index in [0.29, 0.717) is 26.1 Å². The van der Waals surface area contributed by atoms with E-state index in [1.54, 1.807) is 4.90 Å². The van der Waals surface area contributed by atoms with E-state index in [9.17, 15) is 9.90 Å². The Kier molecular flexibility index (Phi) is 4.42. The zero-order valence-corrected chi connectivity index (χ0v) is 15.2. The van der Waals surface area contributed by atoms with Crippen LogP contribution in [-0.2, 0) is 23.0 Å². The summed E-state index contributed by atoms with van der Waals surface area (Å²) >= 11 is 0. The summed E-state index contributed by atoms with van der Waals surface area (Å²) in [6.07, 6.45) is -0.533. The van der Waals surface area contributed by atoms with Crippen molar-refractivity contribution in [3.8, 4) is 0 Å². The average Bonchev–Trinajstić information content (AvgIpc) is 3.15. The van der Waals surface area contributed by atoms with Gasteiger partial charge in [-0.05, 0) is 30.7 Å². The number of carbonyl (C=O) groups is 1. The molecule has 2 atom stereocenters. The van der Waals surface area contributed by atoms with Crippen LogP contribution in [0.15, 0.2) is 42.5 Å². The predicted molar refractivity (Wildman–Crippen MR) is 102 cm³/mol. The molecule has 1 aliphatic rings. The maximum atomic E-state index is 12.7. The lowest BCUT2D eigenvalue weighted by Crippen LogP contribution is -2.31. The molecule has 1 saturated heterocycles. The fourth-order valence-corrected chi connectivity index (χ4v) is 3.95. The summed E-state index contributed by atoms with van der Waals surface area (Å²) in [6, 6.07) is 14.5. The molecule has 0 radical (unpaired) electrons. The number of aryl methyl sites for hydroxylation is 1. The van der Waals surface area contributed by atoms with E-state index < -0.39 is 6.10 Å². The van der Waals surface area contributed by atoms with Gasteiger partial charge in [-0.25, -0.2) is 0 Å². The van der Waals surface area contributed by atoms with Crippen LogP contribution in [0.5, 0.6) is 0 Å². The fourth-order valence-electron chi connectivity index (χ4n) is 3.95. The molecule has 1 fully saturated rings. The molecule has 2 heterocycles. The molecule has 136 valence electrons. The number of nitrogens with zero attached hydrogens (tertiary/aromatic N) is 2. The standard InChI is InChI=1S/C21H24N2O3/c1-3-26-20-13-23(12-19(20)24)21(25)11-14-8-9-18-16(10-14)15-6-4-5-7-17(15)22(18)2/h4-10,19-20,24H,3,11-13H2,1-2H3/t19-,20-/m0/s1. The van der Waals surface area contributed by atoms with Crippen molar-refractivity contribution in [2.24, 2.45) is 7.05 Å². The van der Waals surface area contributed by atoms with E-state index in [4.69, 9.17) is 4.74 Å². The molecule has 0 saturated carbocycles. The van der Waals surface area contributed by atoms with Crippen molar-refractivity contribution in [1.29, 1.82) is 0 Å². The third-order valence-corrected chi connectivity index (χ3v) is 5.30. The summed E-state index contributed by atoms with van der Waals surface area (Å²) in [7, 11) is 2.06. The van der Waals surface area contributed by atoms with Gasteiger partial charge < -0.3 is 19.3 Å². The molecule has 1 aromatic heterocycles. The van der Waals surface area contributed by atoms with Crippen molar-refractivity contribution < 1.29 is 14.6 Å². The van der Waals surface area contributed by atoms with Gasteiger partial charge in [0.25, 0.3) is 0 Å². The number of carbonyl (C=O) groups excluding carboxylic acids is 1. The lowest BCUT2D eigenvalue weighted by atomic mass is 10.1. The highest BCUT2D eigenvalue weighted by molar-refractivity contribution is 6.08. The van der Waals surface area contributed by atoms with Gasteiger partial charge in [0.05, 0.1) is 12.5 Å². The van der Waals surface area contributed by atoms with Crippen LogP contribution in [0.25, 0.3) is 21.8 Å². The molecule has 26 heavy (non-hydrogen) atoms. The highest BCUT2D eigenvalue weighted by atomic mass is 16.5. The monoisotopic (exact) mass is 352 g/mol. The Bertz CT molecular complexity index is 962. The maximum absolute atomic E-state index is 12.7. The summed E-state index contributed by atoms with van der Waals surface area (Å²) < 4.78 is 7.69. The van der Waals surface area contributed by atoms with Crippen LogP contribution in [0, 0.1) is 0 Å². The number of fused-ring (bicyclic) bond motifs is 3. The zero-order valence-electron chi connectivity index (χ0n) is 15.2. The van der Waals surface area contributed by atoms with E-state index in [1.165, 1.54) is 16.3 Å². The van der Waals surface area contributed by atoms with Crippen molar-refractivity contribution in [3.63, 3.8) is 0 Å². The molecule has 5 nitrogen and oxygen atoms in total. The van der Waals surface area contributed by atoms with E-state index in [1.807, 2.05) is 25.1 Å². The number of amides is 1. The molecule has 1 amide bonds. The Hall–Kier alpha value is -2.37. The number of benzene rings is 2. The van der Waals surface area contributed by atoms with E-state index in [2.05, 4.69) is 35.9 Å². The Morgan fingerprint density at radius 2 is 1.92 bits per heavy atom. The Morgan fingerprint density at radius 3 is 2.73 bits per heavy atom. The van der Waals surface area contributed by atoms with Gasteiger partial charge in [0.1, 0.15) is 6.10 Å². The Labute approximate surface area is 152 Å². The smallest absolute Gasteiger partial charge is 0.227 e. The van der Waals surface area contributed by atoms with Crippen LogP contribution >= 0.6 is 0 Å². The summed E-state index contributed by atoms with van der Waals surface area (Å²) in [5.74, 6) is 0.0332. The van der Waals surface area contributed by atoms with Crippen LogP contribution in [0.1, 0.15) is 12.5 Å². The minimum Gasteiger partial charge on any atom is -0.388 e. The van der Waals surface area contributed by atoms with Gasteiger partial charge in [0.15, 0.2) is 0 Å². The molecule has 0 aliphatic carbocycles. The van der Waals surface area contributed by atoms with Crippen molar-refractivity contribution >= 4 is 27.7 Å². The minimum absolute atomic E-state index is 0.0332. The summed E-state index contributed by atoms with van der Waals surface area (Å²) in [6.45, 7) is 3.25. The van der Waals surface area contributed by atoms with E-state index >= 15 is 0 Å². The van der Waals surface area contributed by atoms with Gasteiger partial charge in [-0.15, -0.1) is 0 Å². The van der Waals surface area contributed by atoms with Crippen molar-refractivity contribution in [1.82, 2.24) is 9.47 Å². The first-order valence-electron chi connectivity index (χ1n) is 9.12. The number of aromatic nitrogens is 1. The summed E-state index contributed by atoms with van der Waals surface area (Å²) in [5.41, 5.74) is 3.34. The highest BCUT2D eigenvalue weighted by Gasteiger charge is 2.34. The van der Waals surface area contributed by atoms with Crippen LogP contribution in [0.2, 0.25) is 0 Å². The van der Waals surface area contributed by atoms with Crippen LogP contribution < -0.4 is 0 Å². The number of rotatable bonds is 4. The topological polar surface area (TPSA) is 54.7 Å². The molecule has 3 aromatic rings. The summed E-state index contributed by atoms with van der Waals surface area (Å²) in [4.78, 5) is 14.4. The van der Waals surface area contributed by atoms with Crippen molar-refractivity contribution in [3.05, 3.63) is 48.0 Å². The maximum Gasteiger partial charge on any atom is 0.227 e. The lowest BCUT2D eigenvalue weighted by molar-refractivity contribution is -0.130. The third kappa shape index (κ3) is 2.87. The molecule has 0 unspecified atom stereocenters. The number of hydrogen-bond donors (Lipinski definition) is 1. The first-order valence-corrected chi connectivity index (χ1v) is 9.12. The second-order valence-electron chi connectivity index (χ2n) is 6.96. The molecular weight excluding hydrogens is 328 g/mol. The predicted octanol–water partition coefficient (Wildman–Crippen LogP) is 2.48. The number of hydrogen-bond acceptors (Lipinski definition) is 3. The number of para-hydroxylation sites is 1. The molecule has 2 aromatic carbocycles. The number of ether oxygens (including phenoxy) is 1. The van der Waals surface area contributed by atoms with Crippen LogP contribution in [-0.4, -0.2) is 52.4 Å². The molecule has 1 aliphatic heterocycles. The van der Waals surface area contributed by atoms with Gasteiger partial charge in [0, 0.05) is 48.5 Å². The number of β-amino-alcohol motifs (C(OH)–C–C–N with tert-alkyl or cyclic N) is 1. The largest absolute Gasteiger partial charge is 0.388 e. The minimum atomic E-state index is -0.598. The average molecular weight is 352 g/mol. The first-order chi connectivity index (χ1) is 12.6. The van der Waals surface area contributed by atoms with Gasteiger partial charge in [-0.2, -0.15) is 0 Å². The van der Waals surface area contributed by atoms with E-state index in [0.717, 1.165) is 11.1 Å². The number of likely N-dealkylation sites (tertiary alicyclic amines) is 1. The zero-order chi connectivity index (χ0) is 18.3. The number of aliphatic hydroxyl groups is 1. The van der Waals surface area contributed by atoms with Crippen LogP contribution in [0.4, 0.5) is 0 Å². The highest BCUT2D eigenvalue weighted by Crippen LogP contribution is 2.29. The fraction of sp³-hybridized carbons (Fsp3) is 0.381. The SMILES string of the molecule is CCO[C@H]1CN(C(=O)Cc2ccc3c(c2)c2ccccc2n3C)C[C@@H]1O. The second-order valence-corrected chi connectivity index (χ2v) is 6.96. The van der Waals surface area contributed by atoms with Crippen LogP contribution in [0.3, 0.4) is 0 Å². The Balaban J connectivity index is 1.58. The molecule has 0 spiro atoms. The van der Waals surface area contributed by atoms with E-state index in [-0.39, 0.29) is 12.0 Å². The van der Waals surface area contributed by atoms with Gasteiger partial charge in [-0.3, -0.25) is 4.79 Å². The van der Waals surface area contributed by atoms with Crippen molar-refractivity contribution in [2.75, 3.05) is 19.7 Å². The summed E-state index contributed by atoms with van der Waals surface area (Å²) in [5, 5.41) is 12.4. The molecule has 0 bridgehead atoms.